The van der Waals surface area contributed by atoms with Crippen LogP contribution in [0, 0.1) is 0 Å². The molecule has 0 aliphatic rings. The maximum Gasteiger partial charge on any atom is 0.252 e. The van der Waals surface area contributed by atoms with Crippen molar-refractivity contribution in [3.63, 3.8) is 0 Å². The lowest BCUT2D eigenvalue weighted by Crippen LogP contribution is -2.30. The van der Waals surface area contributed by atoms with E-state index in [1.807, 2.05) is 35.7 Å². The van der Waals surface area contributed by atoms with E-state index in [1.54, 1.807) is 18.3 Å². The van der Waals surface area contributed by atoms with E-state index in [0.29, 0.717) is 18.1 Å². The van der Waals surface area contributed by atoms with Gasteiger partial charge in [0.2, 0.25) is 5.88 Å². The predicted octanol–water partition coefficient (Wildman–Crippen LogP) is 2.79. The summed E-state index contributed by atoms with van der Waals surface area (Å²) in [6.45, 7) is 4.45. The van der Waals surface area contributed by atoms with Gasteiger partial charge >= 0.3 is 0 Å². The minimum atomic E-state index is -0.224. The molecule has 7 nitrogen and oxygen atoms in total. The number of pyridine rings is 2. The molecule has 3 aromatic heterocycles. The summed E-state index contributed by atoms with van der Waals surface area (Å²) in [5.41, 5.74) is 1.27. The van der Waals surface area contributed by atoms with Crippen molar-refractivity contribution in [1.82, 2.24) is 24.9 Å². The molecule has 3 aromatic rings. The highest BCUT2D eigenvalue weighted by Crippen LogP contribution is 2.19. The standard InChI is InChI=1S/C18H21N5O2/c1-3-7-14(17-22-21-15-8-5-6-11-23(15)17)20-18(24)13-9-10-19-16(12-13)25-4-2/h5-6,8-12,14H,3-4,7H2,1-2H3,(H,20,24). The van der Waals surface area contributed by atoms with Crippen molar-refractivity contribution in [2.24, 2.45) is 0 Å². The molecule has 3 heterocycles. The molecule has 0 saturated heterocycles. The zero-order valence-electron chi connectivity index (χ0n) is 14.3. The van der Waals surface area contributed by atoms with Gasteiger partial charge in [-0.3, -0.25) is 9.20 Å². The van der Waals surface area contributed by atoms with Crippen LogP contribution in [0.1, 0.15) is 48.9 Å². The first kappa shape index (κ1) is 16.9. The number of amides is 1. The molecule has 25 heavy (non-hydrogen) atoms. The van der Waals surface area contributed by atoms with Crippen LogP contribution in [-0.2, 0) is 0 Å². The molecule has 0 aromatic carbocycles. The molecule has 1 N–H and O–H groups in total. The highest BCUT2D eigenvalue weighted by Gasteiger charge is 2.20. The van der Waals surface area contributed by atoms with Crippen LogP contribution in [0.3, 0.4) is 0 Å². The van der Waals surface area contributed by atoms with Gasteiger partial charge in [0.1, 0.15) is 0 Å². The van der Waals surface area contributed by atoms with E-state index in [9.17, 15) is 4.79 Å². The fourth-order valence-corrected chi connectivity index (χ4v) is 2.67. The Morgan fingerprint density at radius 1 is 1.28 bits per heavy atom. The largest absolute Gasteiger partial charge is 0.478 e. The van der Waals surface area contributed by atoms with E-state index >= 15 is 0 Å². The summed E-state index contributed by atoms with van der Waals surface area (Å²) in [5.74, 6) is 0.981. The predicted molar refractivity (Wildman–Crippen MR) is 93.5 cm³/mol. The van der Waals surface area contributed by atoms with E-state index in [1.165, 1.54) is 0 Å². The molecule has 0 spiro atoms. The van der Waals surface area contributed by atoms with Gasteiger partial charge < -0.3 is 10.1 Å². The molecule has 0 fully saturated rings. The quantitative estimate of drug-likeness (QED) is 0.716. The average Bonchev–Trinajstić information content (AvgIpc) is 3.06. The molecular weight excluding hydrogens is 318 g/mol. The van der Waals surface area contributed by atoms with Crippen LogP contribution >= 0.6 is 0 Å². The summed E-state index contributed by atoms with van der Waals surface area (Å²) in [4.78, 5) is 16.8. The normalized spacial score (nSPS) is 12.1. The van der Waals surface area contributed by atoms with E-state index in [-0.39, 0.29) is 11.9 Å². The molecule has 3 rings (SSSR count). The van der Waals surface area contributed by atoms with Gasteiger partial charge in [-0.2, -0.15) is 0 Å². The van der Waals surface area contributed by atoms with E-state index < -0.39 is 0 Å². The summed E-state index contributed by atoms with van der Waals surface area (Å²) < 4.78 is 7.26. The van der Waals surface area contributed by atoms with Crippen LogP contribution < -0.4 is 10.1 Å². The highest BCUT2D eigenvalue weighted by molar-refractivity contribution is 5.94. The number of fused-ring (bicyclic) bond motifs is 1. The van der Waals surface area contributed by atoms with Gasteiger partial charge in [0, 0.05) is 24.0 Å². The number of rotatable bonds is 7. The molecule has 0 aliphatic carbocycles. The Balaban J connectivity index is 1.84. The number of nitrogens with zero attached hydrogens (tertiary/aromatic N) is 4. The lowest BCUT2D eigenvalue weighted by Gasteiger charge is -2.17. The SMILES string of the molecule is CCCC(NC(=O)c1ccnc(OCC)c1)c1nnc2ccccn12. The van der Waals surface area contributed by atoms with Gasteiger partial charge in [0.15, 0.2) is 11.5 Å². The van der Waals surface area contributed by atoms with Gasteiger partial charge in [0.25, 0.3) is 5.91 Å². The van der Waals surface area contributed by atoms with Crippen molar-refractivity contribution in [3.8, 4) is 5.88 Å². The Kier molecular flexibility index (Phi) is 5.23. The molecule has 1 amide bonds. The number of hydrogen-bond donors (Lipinski definition) is 1. The summed E-state index contributed by atoms with van der Waals surface area (Å²) in [5, 5.41) is 11.5. The number of aromatic nitrogens is 4. The van der Waals surface area contributed by atoms with Crippen LogP contribution in [0.5, 0.6) is 5.88 Å². The maximum absolute atomic E-state index is 12.7. The Labute approximate surface area is 146 Å². The van der Waals surface area contributed by atoms with Crippen LogP contribution in [-0.4, -0.2) is 32.1 Å². The van der Waals surface area contributed by atoms with Crippen molar-refractivity contribution in [3.05, 3.63) is 54.1 Å². The molecule has 0 bridgehead atoms. The third-order valence-electron chi connectivity index (χ3n) is 3.82. The average molecular weight is 339 g/mol. The second kappa shape index (κ2) is 7.74. The maximum atomic E-state index is 12.7. The number of carbonyl (C=O) groups is 1. The molecule has 7 heteroatoms. The monoisotopic (exact) mass is 339 g/mol. The number of ether oxygens (including phenoxy) is 1. The second-order valence-corrected chi connectivity index (χ2v) is 5.62. The zero-order valence-corrected chi connectivity index (χ0v) is 14.3. The lowest BCUT2D eigenvalue weighted by molar-refractivity contribution is 0.0931. The Hall–Kier alpha value is -2.96. The van der Waals surface area contributed by atoms with Crippen molar-refractivity contribution in [2.45, 2.75) is 32.7 Å². The molecular formula is C18H21N5O2. The van der Waals surface area contributed by atoms with E-state index in [2.05, 4.69) is 27.4 Å². The molecule has 0 saturated carbocycles. The Morgan fingerprint density at radius 2 is 2.16 bits per heavy atom. The Morgan fingerprint density at radius 3 is 2.96 bits per heavy atom. The van der Waals surface area contributed by atoms with Crippen LogP contribution in [0.2, 0.25) is 0 Å². The Bertz CT molecular complexity index is 861. The lowest BCUT2D eigenvalue weighted by atomic mass is 10.1. The van der Waals surface area contributed by atoms with Crippen LogP contribution in [0.15, 0.2) is 42.7 Å². The summed E-state index contributed by atoms with van der Waals surface area (Å²) in [6, 6.07) is 8.80. The van der Waals surface area contributed by atoms with Crippen molar-refractivity contribution in [2.75, 3.05) is 6.61 Å². The number of carbonyl (C=O) groups excluding carboxylic acids is 1. The molecule has 130 valence electrons. The topological polar surface area (TPSA) is 81.4 Å². The molecule has 1 unspecified atom stereocenters. The van der Waals surface area contributed by atoms with E-state index in [0.717, 1.165) is 24.3 Å². The van der Waals surface area contributed by atoms with Gasteiger partial charge in [-0.1, -0.05) is 19.4 Å². The molecule has 1 atom stereocenters. The van der Waals surface area contributed by atoms with E-state index in [4.69, 9.17) is 4.74 Å². The summed E-state index contributed by atoms with van der Waals surface area (Å²) in [6.07, 6.45) is 5.15. The first-order chi connectivity index (χ1) is 12.2. The second-order valence-electron chi connectivity index (χ2n) is 5.62. The first-order valence-corrected chi connectivity index (χ1v) is 8.42. The summed E-state index contributed by atoms with van der Waals surface area (Å²) >= 11 is 0. The third kappa shape index (κ3) is 3.76. The minimum absolute atomic E-state index is 0.186. The van der Waals surface area contributed by atoms with Gasteiger partial charge in [-0.25, -0.2) is 4.98 Å². The minimum Gasteiger partial charge on any atom is -0.478 e. The number of hydrogen-bond acceptors (Lipinski definition) is 5. The van der Waals surface area contributed by atoms with Crippen molar-refractivity contribution < 1.29 is 9.53 Å². The highest BCUT2D eigenvalue weighted by atomic mass is 16.5. The van der Waals surface area contributed by atoms with Gasteiger partial charge in [-0.05, 0) is 31.5 Å². The van der Waals surface area contributed by atoms with Gasteiger partial charge in [0.05, 0.1) is 12.6 Å². The van der Waals surface area contributed by atoms with Crippen LogP contribution in [0.4, 0.5) is 0 Å². The fraction of sp³-hybridized carbons (Fsp3) is 0.333. The summed E-state index contributed by atoms with van der Waals surface area (Å²) in [7, 11) is 0. The third-order valence-corrected chi connectivity index (χ3v) is 3.82. The van der Waals surface area contributed by atoms with Gasteiger partial charge in [-0.15, -0.1) is 10.2 Å². The number of nitrogens with one attached hydrogen (secondary N) is 1. The zero-order chi connectivity index (χ0) is 17.6. The van der Waals surface area contributed by atoms with Crippen molar-refractivity contribution >= 4 is 11.6 Å². The van der Waals surface area contributed by atoms with Crippen molar-refractivity contribution in [1.29, 1.82) is 0 Å². The first-order valence-electron chi connectivity index (χ1n) is 8.42. The molecule has 0 aliphatic heterocycles. The molecule has 0 radical (unpaired) electrons. The van der Waals surface area contributed by atoms with Crippen LogP contribution in [0.25, 0.3) is 5.65 Å². The smallest absolute Gasteiger partial charge is 0.252 e. The fourth-order valence-electron chi connectivity index (χ4n) is 2.67.